The second kappa shape index (κ2) is 7.60. The fraction of sp³-hybridized carbons (Fsp3) is 1.00. The first-order chi connectivity index (χ1) is 12.5. The van der Waals surface area contributed by atoms with E-state index in [1.165, 1.54) is 19.3 Å². The molecule has 150 valence electrons. The lowest BCUT2D eigenvalue weighted by Gasteiger charge is -2.60. The Morgan fingerprint density at radius 1 is 1.04 bits per heavy atom. The maximum Gasteiger partial charge on any atom is 0.201 e. The Morgan fingerprint density at radius 3 is 2.69 bits per heavy atom. The number of alkyl halides is 1. The van der Waals surface area contributed by atoms with Crippen LogP contribution in [0.15, 0.2) is 0 Å². The summed E-state index contributed by atoms with van der Waals surface area (Å²) in [5.74, 6) is 0.917. The Kier molecular flexibility index (Phi) is 5.73. The fourth-order valence-electron chi connectivity index (χ4n) is 5.64. The largest absolute Gasteiger partial charge is 0.352 e. The zero-order valence-electron chi connectivity index (χ0n) is 16.2. The summed E-state index contributed by atoms with van der Waals surface area (Å²) in [6.45, 7) is 7.29. The number of unbranched alkanes of at least 4 members (excludes halogenated alkanes) is 2. The molecule has 2 bridgehead atoms. The van der Waals surface area contributed by atoms with Gasteiger partial charge in [0.1, 0.15) is 0 Å². The second-order valence-electron chi connectivity index (χ2n) is 8.89. The lowest BCUT2D eigenvalue weighted by atomic mass is 9.58. The SMILES string of the molecule is C[C@H]1[C@@H](OCCCCCBr)O[C@@H]2O[C@@]3(C)CC[C@H]4[C@H](C)CC[C@@H]1[C@@]24OO3. The van der Waals surface area contributed by atoms with Gasteiger partial charge in [0.25, 0.3) is 0 Å². The van der Waals surface area contributed by atoms with Crippen LogP contribution in [-0.2, 0) is 24.0 Å². The first-order valence-corrected chi connectivity index (χ1v) is 11.5. The monoisotopic (exact) mass is 432 g/mol. The Labute approximate surface area is 165 Å². The van der Waals surface area contributed by atoms with Crippen LogP contribution >= 0.6 is 15.9 Å². The summed E-state index contributed by atoms with van der Waals surface area (Å²) < 4.78 is 18.9. The number of halogens is 1. The normalized spacial score (nSPS) is 50.3. The maximum absolute atomic E-state index is 6.41. The predicted molar refractivity (Wildman–Crippen MR) is 100 cm³/mol. The molecule has 0 aromatic carbocycles. The molecular weight excluding hydrogens is 400 g/mol. The highest BCUT2D eigenvalue weighted by molar-refractivity contribution is 9.09. The Morgan fingerprint density at radius 2 is 1.88 bits per heavy atom. The summed E-state index contributed by atoms with van der Waals surface area (Å²) in [5.41, 5.74) is -0.483. The number of rotatable bonds is 6. The van der Waals surface area contributed by atoms with Crippen LogP contribution in [0, 0.1) is 23.7 Å². The summed E-state index contributed by atoms with van der Waals surface area (Å²) in [5, 5.41) is 1.05. The van der Waals surface area contributed by atoms with Crippen LogP contribution in [0.3, 0.4) is 0 Å². The van der Waals surface area contributed by atoms with Crippen molar-refractivity contribution in [3.8, 4) is 0 Å². The van der Waals surface area contributed by atoms with Gasteiger partial charge in [0, 0.05) is 30.2 Å². The summed E-state index contributed by atoms with van der Waals surface area (Å²) in [6.07, 6.45) is 7.07. The second-order valence-corrected chi connectivity index (χ2v) is 9.69. The minimum absolute atomic E-state index is 0.222. The third kappa shape index (κ3) is 3.18. The smallest absolute Gasteiger partial charge is 0.201 e. The third-order valence-electron chi connectivity index (χ3n) is 7.16. The zero-order valence-corrected chi connectivity index (χ0v) is 17.8. The van der Waals surface area contributed by atoms with Crippen molar-refractivity contribution in [3.05, 3.63) is 0 Å². The standard InChI is InChI=1S/C20H33BrO5/c1-13-7-8-16-14(2)17(22-12-6-4-5-11-21)23-18-20(16)15(13)9-10-19(3,24-18)25-26-20/h13-18H,4-12H2,1-3H3/t13-,14-,15+,16+,17+,18-,19-,20-/m1/s1. The van der Waals surface area contributed by atoms with E-state index in [0.717, 1.165) is 37.6 Å². The van der Waals surface area contributed by atoms with Crippen molar-refractivity contribution in [2.45, 2.75) is 89.7 Å². The molecule has 5 aliphatic rings. The van der Waals surface area contributed by atoms with Gasteiger partial charge in [-0.1, -0.05) is 36.2 Å². The van der Waals surface area contributed by atoms with Crippen LogP contribution in [0.5, 0.6) is 0 Å². The summed E-state index contributed by atoms with van der Waals surface area (Å²) in [6, 6.07) is 0. The van der Waals surface area contributed by atoms with Gasteiger partial charge in [-0.05, 0) is 50.9 Å². The van der Waals surface area contributed by atoms with Crippen molar-refractivity contribution in [3.63, 3.8) is 0 Å². The Bertz CT molecular complexity index is 505. The lowest BCUT2D eigenvalue weighted by Crippen LogP contribution is -2.70. The van der Waals surface area contributed by atoms with E-state index in [0.29, 0.717) is 17.8 Å². The van der Waals surface area contributed by atoms with Crippen LogP contribution < -0.4 is 0 Å². The quantitative estimate of drug-likeness (QED) is 0.343. The highest BCUT2D eigenvalue weighted by Crippen LogP contribution is 2.60. The van der Waals surface area contributed by atoms with Crippen LogP contribution in [0.1, 0.15) is 65.7 Å². The van der Waals surface area contributed by atoms with E-state index in [9.17, 15) is 0 Å². The van der Waals surface area contributed by atoms with E-state index < -0.39 is 17.7 Å². The van der Waals surface area contributed by atoms with E-state index in [1.807, 2.05) is 6.92 Å². The number of hydrogen-bond donors (Lipinski definition) is 0. The van der Waals surface area contributed by atoms with Crippen LogP contribution in [0.4, 0.5) is 0 Å². The number of hydrogen-bond acceptors (Lipinski definition) is 5. The molecule has 4 saturated heterocycles. The first-order valence-electron chi connectivity index (χ1n) is 10.4. The maximum atomic E-state index is 6.41. The van der Waals surface area contributed by atoms with Crippen molar-refractivity contribution < 1.29 is 24.0 Å². The Hall–Kier alpha value is 0.280. The molecule has 0 aromatic heterocycles. The molecule has 1 saturated carbocycles. The molecule has 0 aromatic rings. The predicted octanol–water partition coefficient (Wildman–Crippen LogP) is 4.78. The summed E-state index contributed by atoms with van der Waals surface area (Å²) in [4.78, 5) is 12.0. The molecule has 0 amide bonds. The molecule has 0 unspecified atom stereocenters. The topological polar surface area (TPSA) is 46.2 Å². The molecule has 5 nitrogen and oxygen atoms in total. The van der Waals surface area contributed by atoms with Gasteiger partial charge in [0.2, 0.25) is 5.79 Å². The molecule has 1 spiro atoms. The minimum Gasteiger partial charge on any atom is -0.352 e. The zero-order chi connectivity index (χ0) is 18.4. The van der Waals surface area contributed by atoms with E-state index in [2.05, 4.69) is 29.8 Å². The van der Waals surface area contributed by atoms with E-state index >= 15 is 0 Å². The minimum atomic E-state index is -0.710. The molecule has 6 heteroatoms. The molecule has 5 rings (SSSR count). The molecule has 4 heterocycles. The van der Waals surface area contributed by atoms with E-state index in [-0.39, 0.29) is 12.2 Å². The highest BCUT2D eigenvalue weighted by Gasteiger charge is 2.69. The van der Waals surface area contributed by atoms with Crippen LogP contribution in [-0.4, -0.2) is 35.9 Å². The van der Waals surface area contributed by atoms with Gasteiger partial charge < -0.3 is 14.2 Å². The molecule has 0 radical (unpaired) electrons. The molecule has 26 heavy (non-hydrogen) atoms. The van der Waals surface area contributed by atoms with Crippen LogP contribution in [0.25, 0.3) is 0 Å². The molecule has 5 fully saturated rings. The van der Waals surface area contributed by atoms with Gasteiger partial charge in [-0.3, -0.25) is 0 Å². The third-order valence-corrected chi connectivity index (χ3v) is 7.72. The van der Waals surface area contributed by atoms with Crippen molar-refractivity contribution in [2.24, 2.45) is 23.7 Å². The van der Waals surface area contributed by atoms with E-state index in [1.54, 1.807) is 0 Å². The summed E-state index contributed by atoms with van der Waals surface area (Å²) >= 11 is 3.48. The van der Waals surface area contributed by atoms with Crippen LogP contribution in [0.2, 0.25) is 0 Å². The van der Waals surface area contributed by atoms with Gasteiger partial charge >= 0.3 is 0 Å². The lowest BCUT2D eigenvalue weighted by molar-refractivity contribution is -0.577. The van der Waals surface area contributed by atoms with Gasteiger partial charge in [0.15, 0.2) is 18.2 Å². The van der Waals surface area contributed by atoms with Gasteiger partial charge in [0.05, 0.1) is 0 Å². The van der Waals surface area contributed by atoms with Crippen molar-refractivity contribution >= 4 is 15.9 Å². The Balaban J connectivity index is 1.53. The first kappa shape index (κ1) is 19.6. The average molecular weight is 433 g/mol. The van der Waals surface area contributed by atoms with Crippen molar-refractivity contribution in [1.82, 2.24) is 0 Å². The van der Waals surface area contributed by atoms with Gasteiger partial charge in [-0.15, -0.1) is 0 Å². The van der Waals surface area contributed by atoms with Gasteiger partial charge in [-0.2, -0.15) is 0 Å². The highest BCUT2D eigenvalue weighted by atomic mass is 79.9. The molecule has 8 atom stereocenters. The molecule has 4 aliphatic heterocycles. The number of ether oxygens (including phenoxy) is 3. The molecule has 1 aliphatic carbocycles. The fourth-order valence-corrected chi connectivity index (χ4v) is 6.03. The number of fused-ring (bicyclic) bond motifs is 2. The average Bonchev–Trinajstić information content (AvgIpc) is 2.85. The van der Waals surface area contributed by atoms with Gasteiger partial charge in [-0.25, -0.2) is 9.78 Å². The van der Waals surface area contributed by atoms with Crippen molar-refractivity contribution in [2.75, 3.05) is 11.9 Å². The van der Waals surface area contributed by atoms with Crippen molar-refractivity contribution in [1.29, 1.82) is 0 Å². The summed E-state index contributed by atoms with van der Waals surface area (Å²) in [7, 11) is 0. The molecular formula is C20H33BrO5. The van der Waals surface area contributed by atoms with E-state index in [4.69, 9.17) is 24.0 Å². The molecule has 0 N–H and O–H groups in total.